The number of carbonyl (C=O) groups is 2. The van der Waals surface area contributed by atoms with Crippen molar-refractivity contribution >= 4 is 11.9 Å². The maximum absolute atomic E-state index is 12.8. The van der Waals surface area contributed by atoms with Gasteiger partial charge in [-0.15, -0.1) is 0 Å². The van der Waals surface area contributed by atoms with Gasteiger partial charge in [-0.3, -0.25) is 0 Å². The largest absolute Gasteiger partial charge is 0.490 e. The molecule has 188 valence electrons. The van der Waals surface area contributed by atoms with Crippen molar-refractivity contribution in [1.29, 1.82) is 0 Å². The minimum atomic E-state index is -0.559. The molecule has 0 saturated carbocycles. The van der Waals surface area contributed by atoms with Crippen LogP contribution in [0.1, 0.15) is 32.7 Å². The van der Waals surface area contributed by atoms with E-state index in [2.05, 4.69) is 0 Å². The van der Waals surface area contributed by atoms with Gasteiger partial charge < -0.3 is 18.9 Å². The molecule has 4 aromatic rings. The molecule has 4 aromatic carbocycles. The number of para-hydroxylation sites is 2. The lowest BCUT2D eigenvalue weighted by Crippen LogP contribution is -2.14. The molecule has 0 aliphatic carbocycles. The van der Waals surface area contributed by atoms with Crippen LogP contribution in [-0.2, 0) is 11.2 Å². The fraction of sp³-hybridized carbons (Fsp3) is 0.161. The lowest BCUT2D eigenvalue weighted by Gasteiger charge is -2.12. The number of esters is 2. The van der Waals surface area contributed by atoms with E-state index >= 15 is 0 Å². The molecule has 4 rings (SSSR count). The van der Waals surface area contributed by atoms with Gasteiger partial charge in [-0.1, -0.05) is 60.7 Å². The Labute approximate surface area is 216 Å². The van der Waals surface area contributed by atoms with Crippen molar-refractivity contribution in [2.75, 3.05) is 19.8 Å². The highest BCUT2D eigenvalue weighted by atomic mass is 16.5. The lowest BCUT2D eigenvalue weighted by molar-refractivity contribution is 0.0500. The summed E-state index contributed by atoms with van der Waals surface area (Å²) in [6.45, 7) is 0.927. The molecule has 0 unspecified atom stereocenters. The van der Waals surface area contributed by atoms with Crippen LogP contribution >= 0.6 is 0 Å². The topological polar surface area (TPSA) is 71.1 Å². The van der Waals surface area contributed by atoms with Crippen LogP contribution in [0.15, 0.2) is 109 Å². The summed E-state index contributed by atoms with van der Waals surface area (Å²) in [7, 11) is 0. The van der Waals surface area contributed by atoms with E-state index in [1.165, 1.54) is 5.56 Å². The summed E-state index contributed by atoms with van der Waals surface area (Å²) in [6.07, 6.45) is 1.58. The average Bonchev–Trinajstić information content (AvgIpc) is 2.95. The predicted molar refractivity (Wildman–Crippen MR) is 140 cm³/mol. The van der Waals surface area contributed by atoms with Crippen LogP contribution in [-0.4, -0.2) is 31.8 Å². The van der Waals surface area contributed by atoms with E-state index in [0.717, 1.165) is 18.6 Å². The molecule has 37 heavy (non-hydrogen) atoms. The fourth-order valence-corrected chi connectivity index (χ4v) is 3.58. The highest BCUT2D eigenvalue weighted by Gasteiger charge is 2.15. The molecule has 0 N–H and O–H groups in total. The first kappa shape index (κ1) is 25.5. The van der Waals surface area contributed by atoms with Crippen LogP contribution in [0.5, 0.6) is 17.2 Å². The number of benzene rings is 4. The molecule has 0 aliphatic heterocycles. The van der Waals surface area contributed by atoms with Gasteiger partial charge in [0.15, 0.2) is 0 Å². The number of ether oxygens (including phenoxy) is 4. The maximum atomic E-state index is 12.8. The van der Waals surface area contributed by atoms with Crippen molar-refractivity contribution in [1.82, 2.24) is 0 Å². The molecule has 0 aromatic heterocycles. The molecular formula is C31H28O6. The van der Waals surface area contributed by atoms with Crippen LogP contribution < -0.4 is 14.2 Å². The molecule has 0 bridgehead atoms. The van der Waals surface area contributed by atoms with E-state index in [1.807, 2.05) is 60.7 Å². The third kappa shape index (κ3) is 7.97. The van der Waals surface area contributed by atoms with Gasteiger partial charge in [0.25, 0.3) is 0 Å². The SMILES string of the molecule is O=C(OCCCc1ccccc1)c1ccc(OC(=O)c2ccccc2OCCOc2ccccc2)cc1. The maximum Gasteiger partial charge on any atom is 0.347 e. The van der Waals surface area contributed by atoms with E-state index in [9.17, 15) is 9.59 Å². The third-order valence-electron chi connectivity index (χ3n) is 5.45. The zero-order valence-electron chi connectivity index (χ0n) is 20.4. The Morgan fingerprint density at radius 1 is 0.568 bits per heavy atom. The van der Waals surface area contributed by atoms with Crippen LogP contribution in [0.25, 0.3) is 0 Å². The summed E-state index contributed by atoms with van der Waals surface area (Å²) in [4.78, 5) is 25.1. The standard InChI is InChI=1S/C31H28O6/c32-30(36-21-9-12-24-10-3-1-4-11-24)25-17-19-27(20-18-25)37-31(33)28-15-7-8-16-29(28)35-23-22-34-26-13-5-2-6-14-26/h1-8,10-11,13-20H,9,12,21-23H2. The third-order valence-corrected chi connectivity index (χ3v) is 5.45. The average molecular weight is 497 g/mol. The summed E-state index contributed by atoms with van der Waals surface area (Å²) >= 11 is 0. The summed E-state index contributed by atoms with van der Waals surface area (Å²) in [6, 6.07) is 32.6. The van der Waals surface area contributed by atoms with E-state index in [0.29, 0.717) is 35.8 Å². The van der Waals surface area contributed by atoms with E-state index in [-0.39, 0.29) is 6.61 Å². The Morgan fingerprint density at radius 3 is 1.97 bits per heavy atom. The Morgan fingerprint density at radius 2 is 1.22 bits per heavy atom. The summed E-state index contributed by atoms with van der Waals surface area (Å²) in [5.74, 6) is 0.490. The van der Waals surface area contributed by atoms with Crippen LogP contribution in [0.3, 0.4) is 0 Å². The van der Waals surface area contributed by atoms with Gasteiger partial charge in [0.2, 0.25) is 0 Å². The first-order valence-corrected chi connectivity index (χ1v) is 12.1. The number of hydrogen-bond donors (Lipinski definition) is 0. The molecule has 6 heteroatoms. The summed E-state index contributed by atoms with van der Waals surface area (Å²) in [5.41, 5.74) is 1.89. The smallest absolute Gasteiger partial charge is 0.347 e. The van der Waals surface area contributed by atoms with Gasteiger partial charge in [0, 0.05) is 0 Å². The molecule has 0 atom stereocenters. The van der Waals surface area contributed by atoms with Crippen molar-refractivity contribution < 1.29 is 28.5 Å². The van der Waals surface area contributed by atoms with Gasteiger partial charge in [-0.25, -0.2) is 9.59 Å². The Hall–Kier alpha value is -4.58. The zero-order chi connectivity index (χ0) is 25.7. The molecule has 0 radical (unpaired) electrons. The number of aryl methyl sites for hydroxylation is 1. The molecule has 0 aliphatic rings. The number of hydrogen-bond acceptors (Lipinski definition) is 6. The Kier molecular flexibility index (Phi) is 9.30. The number of carbonyl (C=O) groups excluding carboxylic acids is 2. The molecular weight excluding hydrogens is 468 g/mol. The van der Waals surface area contributed by atoms with Gasteiger partial charge >= 0.3 is 11.9 Å². The summed E-state index contributed by atoms with van der Waals surface area (Å²) < 4.78 is 22.2. The first-order valence-electron chi connectivity index (χ1n) is 12.1. The minimum absolute atomic E-state index is 0.265. The van der Waals surface area contributed by atoms with Gasteiger partial charge in [0.1, 0.15) is 36.0 Å². The summed E-state index contributed by atoms with van der Waals surface area (Å²) in [5, 5.41) is 0. The normalized spacial score (nSPS) is 10.4. The lowest BCUT2D eigenvalue weighted by atomic mass is 10.1. The monoisotopic (exact) mass is 496 g/mol. The first-order chi connectivity index (χ1) is 18.2. The van der Waals surface area contributed by atoms with Crippen molar-refractivity contribution in [3.8, 4) is 17.2 Å². The second-order valence-electron chi connectivity index (χ2n) is 8.15. The zero-order valence-corrected chi connectivity index (χ0v) is 20.4. The predicted octanol–water partition coefficient (Wildman–Crippen LogP) is 6.15. The molecule has 0 saturated heterocycles. The quantitative estimate of drug-likeness (QED) is 0.133. The van der Waals surface area contributed by atoms with E-state index in [1.54, 1.807) is 48.5 Å². The minimum Gasteiger partial charge on any atom is -0.490 e. The number of rotatable bonds is 12. The molecule has 0 fully saturated rings. The Bertz CT molecular complexity index is 1270. The van der Waals surface area contributed by atoms with Crippen molar-refractivity contribution in [2.24, 2.45) is 0 Å². The van der Waals surface area contributed by atoms with Gasteiger partial charge in [0.05, 0.1) is 12.2 Å². The van der Waals surface area contributed by atoms with E-state index in [4.69, 9.17) is 18.9 Å². The van der Waals surface area contributed by atoms with Gasteiger partial charge in [-0.2, -0.15) is 0 Å². The fourth-order valence-electron chi connectivity index (χ4n) is 3.58. The molecule has 0 spiro atoms. The molecule has 0 heterocycles. The van der Waals surface area contributed by atoms with Crippen LogP contribution in [0.4, 0.5) is 0 Å². The van der Waals surface area contributed by atoms with Gasteiger partial charge in [-0.05, 0) is 66.9 Å². The second kappa shape index (κ2) is 13.5. The van der Waals surface area contributed by atoms with Crippen molar-refractivity contribution in [2.45, 2.75) is 12.8 Å². The second-order valence-corrected chi connectivity index (χ2v) is 8.15. The molecule has 6 nitrogen and oxygen atoms in total. The van der Waals surface area contributed by atoms with E-state index < -0.39 is 11.9 Å². The van der Waals surface area contributed by atoms with Crippen LogP contribution in [0.2, 0.25) is 0 Å². The Balaban J connectivity index is 1.24. The molecule has 0 amide bonds. The highest BCUT2D eigenvalue weighted by Crippen LogP contribution is 2.22. The van der Waals surface area contributed by atoms with Crippen LogP contribution in [0, 0.1) is 0 Å². The van der Waals surface area contributed by atoms with Crippen molar-refractivity contribution in [3.63, 3.8) is 0 Å². The highest BCUT2D eigenvalue weighted by molar-refractivity contribution is 5.94. The van der Waals surface area contributed by atoms with Crippen molar-refractivity contribution in [3.05, 3.63) is 126 Å².